The van der Waals surface area contributed by atoms with Gasteiger partial charge >= 0.3 is 5.97 Å². The SMILES string of the molecule is COC(=O)c1c(OCCCCC(C)C)ccc2ccccc12. The van der Waals surface area contributed by atoms with Crippen molar-refractivity contribution in [1.82, 2.24) is 0 Å². The Morgan fingerprint density at radius 1 is 1.09 bits per heavy atom. The molecule has 0 radical (unpaired) electrons. The maximum Gasteiger partial charge on any atom is 0.342 e. The van der Waals surface area contributed by atoms with Crippen LogP contribution in [0.25, 0.3) is 10.8 Å². The normalized spacial score (nSPS) is 10.9. The lowest BCUT2D eigenvalue weighted by Gasteiger charge is -2.13. The first kappa shape index (κ1) is 16.3. The molecule has 0 aliphatic rings. The number of unbranched alkanes of at least 4 members (excludes halogenated alkanes) is 1. The molecule has 0 N–H and O–H groups in total. The van der Waals surface area contributed by atoms with Gasteiger partial charge in [-0.2, -0.15) is 0 Å². The van der Waals surface area contributed by atoms with Crippen LogP contribution in [-0.2, 0) is 4.74 Å². The highest BCUT2D eigenvalue weighted by molar-refractivity contribution is 6.07. The van der Waals surface area contributed by atoms with Gasteiger partial charge in [0.1, 0.15) is 11.3 Å². The molecular weight excluding hydrogens is 276 g/mol. The van der Waals surface area contributed by atoms with Gasteiger partial charge in [0.2, 0.25) is 0 Å². The van der Waals surface area contributed by atoms with Crippen molar-refractivity contribution in [3.63, 3.8) is 0 Å². The Labute approximate surface area is 132 Å². The molecule has 0 fully saturated rings. The summed E-state index contributed by atoms with van der Waals surface area (Å²) in [4.78, 5) is 12.1. The van der Waals surface area contributed by atoms with E-state index in [4.69, 9.17) is 9.47 Å². The molecule has 2 aromatic carbocycles. The number of carbonyl (C=O) groups is 1. The van der Waals surface area contributed by atoms with Gasteiger partial charge in [-0.1, -0.05) is 50.6 Å². The Hall–Kier alpha value is -2.03. The van der Waals surface area contributed by atoms with Crippen LogP contribution in [0.4, 0.5) is 0 Å². The third kappa shape index (κ3) is 4.00. The largest absolute Gasteiger partial charge is 0.493 e. The maximum atomic E-state index is 12.1. The summed E-state index contributed by atoms with van der Waals surface area (Å²) in [5, 5.41) is 1.88. The fourth-order valence-corrected chi connectivity index (χ4v) is 2.52. The van der Waals surface area contributed by atoms with E-state index in [9.17, 15) is 4.79 Å². The van der Waals surface area contributed by atoms with Gasteiger partial charge in [-0.25, -0.2) is 4.79 Å². The van der Waals surface area contributed by atoms with Crippen LogP contribution in [0.15, 0.2) is 36.4 Å². The lowest BCUT2D eigenvalue weighted by atomic mass is 10.0. The number of hydrogen-bond acceptors (Lipinski definition) is 3. The number of fused-ring (bicyclic) bond motifs is 1. The van der Waals surface area contributed by atoms with Crippen molar-refractivity contribution in [2.45, 2.75) is 33.1 Å². The van der Waals surface area contributed by atoms with Crippen LogP contribution in [0.3, 0.4) is 0 Å². The third-order valence-corrected chi connectivity index (χ3v) is 3.71. The topological polar surface area (TPSA) is 35.5 Å². The molecule has 22 heavy (non-hydrogen) atoms. The number of benzene rings is 2. The molecule has 0 atom stereocenters. The van der Waals surface area contributed by atoms with E-state index in [0.29, 0.717) is 23.8 Å². The van der Waals surface area contributed by atoms with E-state index in [1.807, 2.05) is 36.4 Å². The summed E-state index contributed by atoms with van der Waals surface area (Å²) in [6.07, 6.45) is 3.33. The van der Waals surface area contributed by atoms with Crippen LogP contribution in [0.5, 0.6) is 5.75 Å². The van der Waals surface area contributed by atoms with E-state index in [1.54, 1.807) is 0 Å². The quantitative estimate of drug-likeness (QED) is 0.542. The zero-order valence-electron chi connectivity index (χ0n) is 13.6. The molecular formula is C19H24O3. The molecule has 0 saturated heterocycles. The predicted molar refractivity (Wildman–Crippen MR) is 89.5 cm³/mol. The molecule has 0 spiro atoms. The van der Waals surface area contributed by atoms with E-state index in [2.05, 4.69) is 13.8 Å². The summed E-state index contributed by atoms with van der Waals surface area (Å²) >= 11 is 0. The predicted octanol–water partition coefficient (Wildman–Crippen LogP) is 4.83. The van der Waals surface area contributed by atoms with Gasteiger partial charge in [-0.05, 0) is 35.6 Å². The second-order valence-corrected chi connectivity index (χ2v) is 5.89. The van der Waals surface area contributed by atoms with Crippen molar-refractivity contribution >= 4 is 16.7 Å². The molecule has 0 heterocycles. The molecule has 0 saturated carbocycles. The third-order valence-electron chi connectivity index (χ3n) is 3.71. The van der Waals surface area contributed by atoms with Crippen LogP contribution < -0.4 is 4.74 Å². The van der Waals surface area contributed by atoms with Gasteiger partial charge in [-0.15, -0.1) is 0 Å². The molecule has 0 aliphatic heterocycles. The molecule has 3 nitrogen and oxygen atoms in total. The Morgan fingerprint density at radius 3 is 2.59 bits per heavy atom. The van der Waals surface area contributed by atoms with Crippen molar-refractivity contribution in [2.24, 2.45) is 5.92 Å². The molecule has 0 aromatic heterocycles. The monoisotopic (exact) mass is 300 g/mol. The molecule has 118 valence electrons. The summed E-state index contributed by atoms with van der Waals surface area (Å²) in [6, 6.07) is 11.6. The zero-order chi connectivity index (χ0) is 15.9. The van der Waals surface area contributed by atoms with Gasteiger partial charge in [0.15, 0.2) is 0 Å². The molecule has 2 rings (SSSR count). The number of rotatable bonds is 7. The molecule has 0 bridgehead atoms. The first-order chi connectivity index (χ1) is 10.6. The van der Waals surface area contributed by atoms with Gasteiger partial charge in [0.25, 0.3) is 0 Å². The lowest BCUT2D eigenvalue weighted by Crippen LogP contribution is -2.07. The average molecular weight is 300 g/mol. The van der Waals surface area contributed by atoms with Gasteiger partial charge in [0, 0.05) is 0 Å². The molecule has 3 heteroatoms. The van der Waals surface area contributed by atoms with Gasteiger partial charge in [-0.3, -0.25) is 0 Å². The molecule has 0 unspecified atom stereocenters. The standard InChI is InChI=1S/C19H24O3/c1-14(2)8-6-7-13-22-17-12-11-15-9-4-5-10-16(15)18(17)19(20)21-3/h4-5,9-12,14H,6-8,13H2,1-3H3. The Balaban J connectivity index is 2.16. The summed E-state index contributed by atoms with van der Waals surface area (Å²) in [5.74, 6) is 0.968. The van der Waals surface area contributed by atoms with E-state index in [-0.39, 0.29) is 5.97 Å². The fourth-order valence-electron chi connectivity index (χ4n) is 2.52. The minimum absolute atomic E-state index is 0.353. The highest BCUT2D eigenvalue weighted by Crippen LogP contribution is 2.29. The molecule has 0 amide bonds. The average Bonchev–Trinajstić information content (AvgIpc) is 2.53. The van der Waals surface area contributed by atoms with Crippen LogP contribution >= 0.6 is 0 Å². The van der Waals surface area contributed by atoms with Gasteiger partial charge in [0.05, 0.1) is 13.7 Å². The van der Waals surface area contributed by atoms with E-state index in [0.717, 1.165) is 23.6 Å². The van der Waals surface area contributed by atoms with Crippen molar-refractivity contribution in [2.75, 3.05) is 13.7 Å². The second kappa shape index (κ2) is 7.83. The smallest absolute Gasteiger partial charge is 0.342 e. The van der Waals surface area contributed by atoms with Crippen molar-refractivity contribution < 1.29 is 14.3 Å². The zero-order valence-corrected chi connectivity index (χ0v) is 13.6. The Bertz CT molecular complexity index is 632. The highest BCUT2D eigenvalue weighted by Gasteiger charge is 2.17. The van der Waals surface area contributed by atoms with Gasteiger partial charge < -0.3 is 9.47 Å². The Kier molecular flexibility index (Phi) is 5.82. The summed E-state index contributed by atoms with van der Waals surface area (Å²) in [5.41, 5.74) is 0.518. The minimum atomic E-state index is -0.353. The summed E-state index contributed by atoms with van der Waals surface area (Å²) < 4.78 is 10.8. The first-order valence-corrected chi connectivity index (χ1v) is 7.86. The number of ether oxygens (including phenoxy) is 2. The molecule has 0 aliphatic carbocycles. The van der Waals surface area contributed by atoms with Crippen molar-refractivity contribution in [1.29, 1.82) is 0 Å². The van der Waals surface area contributed by atoms with E-state index in [1.165, 1.54) is 13.5 Å². The number of methoxy groups -OCH3 is 1. The number of carbonyl (C=O) groups excluding carboxylic acids is 1. The first-order valence-electron chi connectivity index (χ1n) is 7.86. The van der Waals surface area contributed by atoms with Crippen LogP contribution in [0, 0.1) is 5.92 Å². The van der Waals surface area contributed by atoms with Crippen LogP contribution in [0.1, 0.15) is 43.5 Å². The van der Waals surface area contributed by atoms with E-state index < -0.39 is 0 Å². The minimum Gasteiger partial charge on any atom is -0.493 e. The summed E-state index contributed by atoms with van der Waals surface area (Å²) in [6.45, 7) is 5.06. The van der Waals surface area contributed by atoms with Crippen molar-refractivity contribution in [3.05, 3.63) is 42.0 Å². The second-order valence-electron chi connectivity index (χ2n) is 5.89. The number of esters is 1. The summed E-state index contributed by atoms with van der Waals surface area (Å²) in [7, 11) is 1.40. The van der Waals surface area contributed by atoms with E-state index >= 15 is 0 Å². The molecule has 2 aromatic rings. The van der Waals surface area contributed by atoms with Crippen LogP contribution in [-0.4, -0.2) is 19.7 Å². The fraction of sp³-hybridized carbons (Fsp3) is 0.421. The highest BCUT2D eigenvalue weighted by atomic mass is 16.5. The van der Waals surface area contributed by atoms with Crippen molar-refractivity contribution in [3.8, 4) is 5.75 Å². The Morgan fingerprint density at radius 2 is 1.86 bits per heavy atom. The van der Waals surface area contributed by atoms with Crippen LogP contribution in [0.2, 0.25) is 0 Å². The maximum absolute atomic E-state index is 12.1. The lowest BCUT2D eigenvalue weighted by molar-refractivity contribution is 0.0598. The number of hydrogen-bond donors (Lipinski definition) is 0.